The zero-order chi connectivity index (χ0) is 14.5. The SMILES string of the molecule is CN(C)c1ncc(CNCCc2ccccc2F)n1C. The molecule has 0 fully saturated rings. The first-order chi connectivity index (χ1) is 9.59. The minimum atomic E-state index is -0.135. The molecular weight excluding hydrogens is 255 g/mol. The number of anilines is 1. The average molecular weight is 276 g/mol. The summed E-state index contributed by atoms with van der Waals surface area (Å²) >= 11 is 0. The van der Waals surface area contributed by atoms with E-state index in [0.29, 0.717) is 6.42 Å². The highest BCUT2D eigenvalue weighted by Crippen LogP contribution is 2.10. The van der Waals surface area contributed by atoms with Crippen molar-refractivity contribution in [3.05, 3.63) is 47.5 Å². The quantitative estimate of drug-likeness (QED) is 0.819. The number of imidazole rings is 1. The van der Waals surface area contributed by atoms with Crippen molar-refractivity contribution in [3.8, 4) is 0 Å². The van der Waals surface area contributed by atoms with Crippen molar-refractivity contribution in [1.82, 2.24) is 14.9 Å². The van der Waals surface area contributed by atoms with Gasteiger partial charge in [0.1, 0.15) is 5.82 Å². The lowest BCUT2D eigenvalue weighted by atomic mass is 10.1. The predicted octanol–water partition coefficient (Wildman–Crippen LogP) is 1.96. The van der Waals surface area contributed by atoms with E-state index in [-0.39, 0.29) is 5.82 Å². The Morgan fingerprint density at radius 2 is 2.05 bits per heavy atom. The largest absolute Gasteiger partial charge is 0.348 e. The Balaban J connectivity index is 1.83. The number of nitrogens with zero attached hydrogens (tertiary/aromatic N) is 3. The van der Waals surface area contributed by atoms with Gasteiger partial charge in [-0.15, -0.1) is 0 Å². The van der Waals surface area contributed by atoms with E-state index in [0.717, 1.165) is 30.3 Å². The summed E-state index contributed by atoms with van der Waals surface area (Å²) in [5.74, 6) is 0.792. The lowest BCUT2D eigenvalue weighted by Crippen LogP contribution is -2.20. The van der Waals surface area contributed by atoms with Crippen LogP contribution in [0.3, 0.4) is 0 Å². The van der Waals surface area contributed by atoms with Crippen LogP contribution in [0.4, 0.5) is 10.3 Å². The van der Waals surface area contributed by atoms with Crippen LogP contribution in [-0.2, 0) is 20.0 Å². The molecule has 0 atom stereocenters. The zero-order valence-corrected chi connectivity index (χ0v) is 12.2. The van der Waals surface area contributed by atoms with E-state index in [4.69, 9.17) is 0 Å². The number of benzene rings is 1. The summed E-state index contributed by atoms with van der Waals surface area (Å²) in [6.45, 7) is 1.47. The molecule has 5 heteroatoms. The summed E-state index contributed by atoms with van der Waals surface area (Å²) in [6, 6.07) is 6.90. The van der Waals surface area contributed by atoms with Crippen LogP contribution in [0.25, 0.3) is 0 Å². The maximum atomic E-state index is 13.4. The second kappa shape index (κ2) is 6.52. The fraction of sp³-hybridized carbons (Fsp3) is 0.400. The number of nitrogens with one attached hydrogen (secondary N) is 1. The van der Waals surface area contributed by atoms with E-state index in [1.807, 2.05) is 44.4 Å². The standard InChI is InChI=1S/C15H21FN4/c1-19(2)15-18-11-13(20(15)3)10-17-9-8-12-6-4-5-7-14(12)16/h4-7,11,17H,8-10H2,1-3H3. The van der Waals surface area contributed by atoms with Crippen LogP contribution in [0.15, 0.2) is 30.5 Å². The smallest absolute Gasteiger partial charge is 0.204 e. The lowest BCUT2D eigenvalue weighted by Gasteiger charge is -2.13. The Bertz CT molecular complexity index is 563. The summed E-state index contributed by atoms with van der Waals surface area (Å²) in [6.07, 6.45) is 2.55. The van der Waals surface area contributed by atoms with Gasteiger partial charge in [0.2, 0.25) is 5.95 Å². The van der Waals surface area contributed by atoms with Crippen LogP contribution in [0, 0.1) is 5.82 Å². The third-order valence-electron chi connectivity index (χ3n) is 3.29. The lowest BCUT2D eigenvalue weighted by molar-refractivity contribution is 0.594. The zero-order valence-electron chi connectivity index (χ0n) is 12.2. The minimum absolute atomic E-state index is 0.135. The molecule has 0 unspecified atom stereocenters. The van der Waals surface area contributed by atoms with E-state index < -0.39 is 0 Å². The number of hydrogen-bond acceptors (Lipinski definition) is 3. The van der Waals surface area contributed by atoms with Gasteiger partial charge in [-0.25, -0.2) is 9.37 Å². The first-order valence-electron chi connectivity index (χ1n) is 6.71. The molecule has 2 aromatic rings. The Hall–Kier alpha value is -1.88. The molecule has 108 valence electrons. The van der Waals surface area contributed by atoms with Gasteiger partial charge in [0.25, 0.3) is 0 Å². The van der Waals surface area contributed by atoms with E-state index in [1.165, 1.54) is 6.07 Å². The number of hydrogen-bond donors (Lipinski definition) is 1. The van der Waals surface area contributed by atoms with Crippen molar-refractivity contribution in [2.24, 2.45) is 7.05 Å². The molecule has 1 heterocycles. The summed E-state index contributed by atoms with van der Waals surface area (Å²) in [4.78, 5) is 6.33. The van der Waals surface area contributed by atoms with Gasteiger partial charge >= 0.3 is 0 Å². The molecule has 0 radical (unpaired) electrons. The van der Waals surface area contributed by atoms with E-state index >= 15 is 0 Å². The molecular formula is C15H21FN4. The van der Waals surface area contributed by atoms with Crippen LogP contribution in [0.1, 0.15) is 11.3 Å². The maximum Gasteiger partial charge on any atom is 0.204 e. The van der Waals surface area contributed by atoms with Gasteiger partial charge in [-0.05, 0) is 24.6 Å². The maximum absolute atomic E-state index is 13.4. The Labute approximate surface area is 119 Å². The van der Waals surface area contributed by atoms with E-state index in [1.54, 1.807) is 6.07 Å². The first-order valence-corrected chi connectivity index (χ1v) is 6.71. The molecule has 4 nitrogen and oxygen atoms in total. The van der Waals surface area contributed by atoms with Crippen LogP contribution in [0.2, 0.25) is 0 Å². The fourth-order valence-electron chi connectivity index (χ4n) is 2.15. The van der Waals surface area contributed by atoms with E-state index in [2.05, 4.69) is 14.9 Å². The third-order valence-corrected chi connectivity index (χ3v) is 3.29. The first kappa shape index (κ1) is 14.5. The van der Waals surface area contributed by atoms with Crippen LogP contribution in [-0.4, -0.2) is 30.2 Å². The molecule has 1 aromatic carbocycles. The highest BCUT2D eigenvalue weighted by Gasteiger charge is 2.07. The molecule has 0 aliphatic carbocycles. The molecule has 0 aliphatic heterocycles. The van der Waals surface area contributed by atoms with Gasteiger partial charge in [-0.3, -0.25) is 0 Å². The fourth-order valence-corrected chi connectivity index (χ4v) is 2.15. The van der Waals surface area contributed by atoms with Gasteiger partial charge in [-0.1, -0.05) is 18.2 Å². The highest BCUT2D eigenvalue weighted by atomic mass is 19.1. The molecule has 1 aromatic heterocycles. The van der Waals surface area contributed by atoms with Gasteiger partial charge in [-0.2, -0.15) is 0 Å². The Kier molecular flexibility index (Phi) is 4.74. The van der Waals surface area contributed by atoms with Crippen molar-refractivity contribution in [2.45, 2.75) is 13.0 Å². The van der Waals surface area contributed by atoms with Crippen molar-refractivity contribution in [2.75, 3.05) is 25.5 Å². The molecule has 0 spiro atoms. The molecule has 0 amide bonds. The molecule has 1 N–H and O–H groups in total. The van der Waals surface area contributed by atoms with Crippen molar-refractivity contribution in [3.63, 3.8) is 0 Å². The van der Waals surface area contributed by atoms with Gasteiger partial charge in [0.05, 0.1) is 11.9 Å². The second-order valence-electron chi connectivity index (χ2n) is 5.02. The molecule has 20 heavy (non-hydrogen) atoms. The summed E-state index contributed by atoms with van der Waals surface area (Å²) in [7, 11) is 5.94. The molecule has 0 aliphatic rings. The van der Waals surface area contributed by atoms with Crippen LogP contribution >= 0.6 is 0 Å². The Morgan fingerprint density at radius 3 is 2.70 bits per heavy atom. The second-order valence-corrected chi connectivity index (χ2v) is 5.02. The summed E-state index contributed by atoms with van der Waals surface area (Å²) in [5, 5.41) is 3.32. The highest BCUT2D eigenvalue weighted by molar-refractivity contribution is 5.30. The topological polar surface area (TPSA) is 33.1 Å². The van der Waals surface area contributed by atoms with Crippen molar-refractivity contribution < 1.29 is 4.39 Å². The number of rotatable bonds is 6. The molecule has 0 saturated heterocycles. The summed E-state index contributed by atoms with van der Waals surface area (Å²) in [5.41, 5.74) is 1.86. The van der Waals surface area contributed by atoms with Crippen molar-refractivity contribution in [1.29, 1.82) is 0 Å². The summed E-state index contributed by atoms with van der Waals surface area (Å²) < 4.78 is 15.5. The van der Waals surface area contributed by atoms with Crippen LogP contribution < -0.4 is 10.2 Å². The average Bonchev–Trinajstić information content (AvgIpc) is 2.78. The van der Waals surface area contributed by atoms with Crippen LogP contribution in [0.5, 0.6) is 0 Å². The molecule has 2 rings (SSSR count). The monoisotopic (exact) mass is 276 g/mol. The Morgan fingerprint density at radius 1 is 1.30 bits per heavy atom. The molecule has 0 bridgehead atoms. The van der Waals surface area contributed by atoms with Gasteiger partial charge in [0.15, 0.2) is 0 Å². The number of halogens is 1. The predicted molar refractivity (Wildman–Crippen MR) is 79.3 cm³/mol. The third kappa shape index (κ3) is 3.36. The number of aromatic nitrogens is 2. The normalized spacial score (nSPS) is 10.8. The van der Waals surface area contributed by atoms with Gasteiger partial charge < -0.3 is 14.8 Å². The van der Waals surface area contributed by atoms with Gasteiger partial charge in [0, 0.05) is 27.7 Å². The van der Waals surface area contributed by atoms with Crippen molar-refractivity contribution >= 4 is 5.95 Å². The van der Waals surface area contributed by atoms with E-state index in [9.17, 15) is 4.39 Å². The molecule has 0 saturated carbocycles. The minimum Gasteiger partial charge on any atom is -0.348 e.